The van der Waals surface area contributed by atoms with Crippen LogP contribution in [0.4, 0.5) is 0 Å². The van der Waals surface area contributed by atoms with Crippen LogP contribution in [0.2, 0.25) is 0 Å². The van der Waals surface area contributed by atoms with Crippen LogP contribution >= 0.6 is 24.0 Å². The Morgan fingerprint density at radius 3 is 2.95 bits per heavy atom. The summed E-state index contributed by atoms with van der Waals surface area (Å²) >= 11 is 6.43. The Morgan fingerprint density at radius 1 is 1.53 bits per heavy atom. The molecule has 1 saturated heterocycles. The second-order valence-corrected chi connectivity index (χ2v) is 5.83. The number of hydrogen-bond donors (Lipinski definition) is 1. The summed E-state index contributed by atoms with van der Waals surface area (Å²) in [5.74, 6) is 0.290. The standard InChI is InChI=1S/C13H14N2O2S2/c1-9-3-2-4-10(7-9)12(17)14-5-6-15-11(16)8-19-13(15)18/h2-4,7H,5-6,8H2,1H3,(H,14,17). The van der Waals surface area contributed by atoms with Crippen molar-refractivity contribution in [2.75, 3.05) is 18.8 Å². The van der Waals surface area contributed by atoms with Crippen LogP contribution in [0.5, 0.6) is 0 Å². The average Bonchev–Trinajstić information content (AvgIpc) is 2.70. The molecule has 0 atom stereocenters. The smallest absolute Gasteiger partial charge is 0.251 e. The van der Waals surface area contributed by atoms with Crippen molar-refractivity contribution in [2.45, 2.75) is 6.92 Å². The molecule has 1 heterocycles. The summed E-state index contributed by atoms with van der Waals surface area (Å²) < 4.78 is 0.592. The van der Waals surface area contributed by atoms with E-state index in [9.17, 15) is 9.59 Å². The molecule has 1 aliphatic heterocycles. The van der Waals surface area contributed by atoms with Gasteiger partial charge < -0.3 is 5.32 Å². The van der Waals surface area contributed by atoms with Crippen molar-refractivity contribution in [1.29, 1.82) is 0 Å². The maximum atomic E-state index is 11.9. The topological polar surface area (TPSA) is 49.4 Å². The molecular formula is C13H14N2O2S2. The first kappa shape index (κ1) is 14.0. The molecule has 0 saturated carbocycles. The molecule has 1 fully saturated rings. The maximum Gasteiger partial charge on any atom is 0.251 e. The van der Waals surface area contributed by atoms with E-state index in [4.69, 9.17) is 12.2 Å². The van der Waals surface area contributed by atoms with Crippen LogP contribution in [0, 0.1) is 6.92 Å². The molecule has 0 aliphatic carbocycles. The Kier molecular flexibility index (Phi) is 4.55. The fourth-order valence-electron chi connectivity index (χ4n) is 1.77. The second kappa shape index (κ2) is 6.16. The van der Waals surface area contributed by atoms with Crippen molar-refractivity contribution in [3.63, 3.8) is 0 Å². The molecule has 0 unspecified atom stereocenters. The Hall–Kier alpha value is -1.40. The Morgan fingerprint density at radius 2 is 2.32 bits per heavy atom. The van der Waals surface area contributed by atoms with Gasteiger partial charge in [0.25, 0.3) is 5.91 Å². The minimum Gasteiger partial charge on any atom is -0.350 e. The number of carbonyl (C=O) groups excluding carboxylic acids is 2. The highest BCUT2D eigenvalue weighted by Crippen LogP contribution is 2.18. The van der Waals surface area contributed by atoms with E-state index < -0.39 is 0 Å². The van der Waals surface area contributed by atoms with Gasteiger partial charge >= 0.3 is 0 Å². The van der Waals surface area contributed by atoms with Gasteiger partial charge in [-0.2, -0.15) is 0 Å². The van der Waals surface area contributed by atoms with E-state index in [0.717, 1.165) is 5.56 Å². The van der Waals surface area contributed by atoms with Crippen LogP contribution in [0.3, 0.4) is 0 Å². The number of aryl methyl sites for hydroxylation is 1. The fraction of sp³-hybridized carbons (Fsp3) is 0.308. The second-order valence-electron chi connectivity index (χ2n) is 4.23. The van der Waals surface area contributed by atoms with E-state index in [-0.39, 0.29) is 11.8 Å². The van der Waals surface area contributed by atoms with Gasteiger partial charge in [-0.3, -0.25) is 14.5 Å². The first-order valence-electron chi connectivity index (χ1n) is 5.90. The molecule has 1 aromatic rings. The molecule has 0 spiro atoms. The van der Waals surface area contributed by atoms with Gasteiger partial charge in [-0.25, -0.2) is 0 Å². The van der Waals surface area contributed by atoms with Crippen LogP contribution in [0.15, 0.2) is 24.3 Å². The largest absolute Gasteiger partial charge is 0.350 e. The number of thioether (sulfide) groups is 1. The zero-order chi connectivity index (χ0) is 13.8. The molecule has 6 heteroatoms. The molecule has 4 nitrogen and oxygen atoms in total. The van der Waals surface area contributed by atoms with E-state index in [1.807, 2.05) is 25.1 Å². The van der Waals surface area contributed by atoms with Crippen molar-refractivity contribution >= 4 is 40.1 Å². The third-order valence-corrected chi connectivity index (χ3v) is 4.17. The van der Waals surface area contributed by atoms with Crippen LogP contribution in [-0.4, -0.2) is 39.9 Å². The number of carbonyl (C=O) groups is 2. The van der Waals surface area contributed by atoms with Gasteiger partial charge in [0.2, 0.25) is 5.91 Å². The summed E-state index contributed by atoms with van der Waals surface area (Å²) in [5, 5.41) is 2.79. The molecule has 100 valence electrons. The lowest BCUT2D eigenvalue weighted by Crippen LogP contribution is -2.37. The van der Waals surface area contributed by atoms with Crippen LogP contribution in [0.25, 0.3) is 0 Å². The molecule has 1 aliphatic rings. The molecule has 0 radical (unpaired) electrons. The third kappa shape index (κ3) is 3.54. The molecule has 0 bridgehead atoms. The molecule has 19 heavy (non-hydrogen) atoms. The highest BCUT2D eigenvalue weighted by molar-refractivity contribution is 8.23. The van der Waals surface area contributed by atoms with E-state index in [1.165, 1.54) is 16.7 Å². The fourth-order valence-corrected chi connectivity index (χ4v) is 2.89. The molecule has 1 aromatic carbocycles. The zero-order valence-corrected chi connectivity index (χ0v) is 12.1. The van der Waals surface area contributed by atoms with Gasteiger partial charge in [0, 0.05) is 18.7 Å². The van der Waals surface area contributed by atoms with E-state index in [1.54, 1.807) is 6.07 Å². The summed E-state index contributed by atoms with van der Waals surface area (Å²) in [5.41, 5.74) is 1.67. The number of rotatable bonds is 4. The number of nitrogens with one attached hydrogen (secondary N) is 1. The van der Waals surface area contributed by atoms with Gasteiger partial charge in [0.1, 0.15) is 4.32 Å². The highest BCUT2D eigenvalue weighted by atomic mass is 32.2. The van der Waals surface area contributed by atoms with Gasteiger partial charge in [-0.05, 0) is 19.1 Å². The Balaban J connectivity index is 1.84. The normalized spacial score (nSPS) is 14.9. The quantitative estimate of drug-likeness (QED) is 0.857. The Bertz CT molecular complexity index is 515. The minimum absolute atomic E-state index is 0.0137. The van der Waals surface area contributed by atoms with E-state index >= 15 is 0 Å². The summed E-state index contributed by atoms with van der Waals surface area (Å²) in [4.78, 5) is 24.9. The molecular weight excluding hydrogens is 280 g/mol. The SMILES string of the molecule is Cc1cccc(C(=O)NCCN2C(=O)CSC2=S)c1. The average molecular weight is 294 g/mol. The third-order valence-electron chi connectivity index (χ3n) is 2.74. The predicted octanol–water partition coefficient (Wildman–Crippen LogP) is 1.59. The van der Waals surface area contributed by atoms with E-state index in [2.05, 4.69) is 5.32 Å². The number of nitrogens with zero attached hydrogens (tertiary/aromatic N) is 1. The van der Waals surface area contributed by atoms with Gasteiger partial charge in [0.05, 0.1) is 5.75 Å². The van der Waals surface area contributed by atoms with Crippen molar-refractivity contribution < 1.29 is 9.59 Å². The van der Waals surface area contributed by atoms with Crippen molar-refractivity contribution in [2.24, 2.45) is 0 Å². The van der Waals surface area contributed by atoms with Crippen molar-refractivity contribution in [3.05, 3.63) is 35.4 Å². The van der Waals surface area contributed by atoms with Crippen molar-refractivity contribution in [3.8, 4) is 0 Å². The first-order valence-corrected chi connectivity index (χ1v) is 7.29. The van der Waals surface area contributed by atoms with Crippen LogP contribution in [0.1, 0.15) is 15.9 Å². The summed E-state index contributed by atoms with van der Waals surface area (Å²) in [6.45, 7) is 2.77. The molecule has 2 amide bonds. The molecule has 1 N–H and O–H groups in total. The molecule has 0 aromatic heterocycles. The zero-order valence-electron chi connectivity index (χ0n) is 10.5. The summed E-state index contributed by atoms with van der Waals surface area (Å²) in [6.07, 6.45) is 0. The number of hydrogen-bond acceptors (Lipinski definition) is 4. The monoisotopic (exact) mass is 294 g/mol. The van der Waals surface area contributed by atoms with Gasteiger partial charge in [0.15, 0.2) is 0 Å². The highest BCUT2D eigenvalue weighted by Gasteiger charge is 2.25. The van der Waals surface area contributed by atoms with Crippen LogP contribution < -0.4 is 5.32 Å². The number of thiocarbonyl (C=S) groups is 1. The number of benzene rings is 1. The summed E-state index contributed by atoms with van der Waals surface area (Å²) in [6, 6.07) is 7.38. The van der Waals surface area contributed by atoms with Gasteiger partial charge in [-0.1, -0.05) is 41.7 Å². The number of amides is 2. The lowest BCUT2D eigenvalue weighted by atomic mass is 10.1. The van der Waals surface area contributed by atoms with Crippen molar-refractivity contribution in [1.82, 2.24) is 10.2 Å². The van der Waals surface area contributed by atoms with Gasteiger partial charge in [-0.15, -0.1) is 0 Å². The predicted molar refractivity (Wildman–Crippen MR) is 80.3 cm³/mol. The Labute approximate surface area is 121 Å². The minimum atomic E-state index is -0.131. The lowest BCUT2D eigenvalue weighted by Gasteiger charge is -2.15. The summed E-state index contributed by atoms with van der Waals surface area (Å²) in [7, 11) is 0. The lowest BCUT2D eigenvalue weighted by molar-refractivity contribution is -0.123. The maximum absolute atomic E-state index is 11.9. The molecule has 2 rings (SSSR count). The van der Waals surface area contributed by atoms with E-state index in [0.29, 0.717) is 28.7 Å². The first-order chi connectivity index (χ1) is 9.08. The van der Waals surface area contributed by atoms with Crippen LogP contribution in [-0.2, 0) is 4.79 Å².